The van der Waals surface area contributed by atoms with Crippen molar-refractivity contribution < 1.29 is 14.0 Å². The molecule has 0 heterocycles. The number of halogens is 2. The second kappa shape index (κ2) is 8.47. The third-order valence-corrected chi connectivity index (χ3v) is 4.11. The van der Waals surface area contributed by atoms with Gasteiger partial charge in [0.15, 0.2) is 0 Å². The number of nitrogens with one attached hydrogen (secondary N) is 2. The highest BCUT2D eigenvalue weighted by Crippen LogP contribution is 2.19. The van der Waals surface area contributed by atoms with E-state index in [9.17, 15) is 14.0 Å². The van der Waals surface area contributed by atoms with E-state index in [-0.39, 0.29) is 17.9 Å². The van der Waals surface area contributed by atoms with Gasteiger partial charge in [-0.1, -0.05) is 41.9 Å². The number of anilines is 2. The molecule has 0 aromatic heterocycles. The Morgan fingerprint density at radius 3 is 2.26 bits per heavy atom. The quantitative estimate of drug-likeness (QED) is 0.658. The summed E-state index contributed by atoms with van der Waals surface area (Å²) in [7, 11) is 0. The molecular weight excluding hydrogens is 367 g/mol. The van der Waals surface area contributed by atoms with E-state index < -0.39 is 11.7 Å². The number of carbonyl (C=O) groups excluding carboxylic acids is 2. The van der Waals surface area contributed by atoms with Gasteiger partial charge in [0.2, 0.25) is 5.91 Å². The summed E-state index contributed by atoms with van der Waals surface area (Å²) >= 11 is 5.84. The van der Waals surface area contributed by atoms with Gasteiger partial charge in [0.25, 0.3) is 5.91 Å². The molecule has 3 aromatic rings. The normalized spacial score (nSPS) is 10.3. The molecule has 0 radical (unpaired) electrons. The van der Waals surface area contributed by atoms with Crippen molar-refractivity contribution in [2.75, 3.05) is 10.6 Å². The van der Waals surface area contributed by atoms with Crippen molar-refractivity contribution in [3.63, 3.8) is 0 Å². The first kappa shape index (κ1) is 18.6. The summed E-state index contributed by atoms with van der Waals surface area (Å²) in [5, 5.41) is 5.99. The summed E-state index contributed by atoms with van der Waals surface area (Å²) in [6.45, 7) is 0. The van der Waals surface area contributed by atoms with E-state index in [1.165, 1.54) is 6.07 Å². The summed E-state index contributed by atoms with van der Waals surface area (Å²) in [6, 6.07) is 19.4. The Hall–Kier alpha value is -3.18. The lowest BCUT2D eigenvalue weighted by molar-refractivity contribution is -0.115. The van der Waals surface area contributed by atoms with E-state index in [1.807, 2.05) is 0 Å². The number of hydrogen-bond acceptors (Lipinski definition) is 2. The summed E-state index contributed by atoms with van der Waals surface area (Å²) in [4.78, 5) is 24.8. The van der Waals surface area contributed by atoms with Gasteiger partial charge in [-0.3, -0.25) is 9.59 Å². The van der Waals surface area contributed by atoms with Crippen LogP contribution in [-0.2, 0) is 11.2 Å². The molecule has 0 saturated carbocycles. The molecule has 0 saturated heterocycles. The minimum Gasteiger partial charge on any atom is -0.325 e. The highest BCUT2D eigenvalue weighted by Gasteiger charge is 2.14. The fraction of sp³-hybridized carbons (Fsp3) is 0.0476. The van der Waals surface area contributed by atoms with E-state index in [0.29, 0.717) is 22.0 Å². The number of rotatable bonds is 5. The Morgan fingerprint density at radius 2 is 1.52 bits per heavy atom. The van der Waals surface area contributed by atoms with Crippen LogP contribution in [0.15, 0.2) is 72.8 Å². The van der Waals surface area contributed by atoms with Crippen LogP contribution >= 0.6 is 11.6 Å². The Balaban J connectivity index is 1.73. The average molecular weight is 383 g/mol. The molecule has 0 aliphatic carbocycles. The van der Waals surface area contributed by atoms with Crippen LogP contribution in [0.3, 0.4) is 0 Å². The Labute approximate surface area is 161 Å². The predicted octanol–water partition coefficient (Wildman–Crippen LogP) is 4.91. The lowest BCUT2D eigenvalue weighted by Crippen LogP contribution is -2.19. The molecule has 6 heteroatoms. The largest absolute Gasteiger partial charge is 0.325 e. The van der Waals surface area contributed by atoms with Crippen LogP contribution < -0.4 is 10.6 Å². The van der Waals surface area contributed by atoms with Crippen LogP contribution in [0.5, 0.6) is 0 Å². The molecule has 0 aliphatic rings. The van der Waals surface area contributed by atoms with E-state index in [2.05, 4.69) is 10.6 Å². The summed E-state index contributed by atoms with van der Waals surface area (Å²) < 4.78 is 13.7. The number of hydrogen-bond donors (Lipinski definition) is 2. The number of amides is 2. The molecule has 0 unspecified atom stereocenters. The summed E-state index contributed by atoms with van der Waals surface area (Å²) in [5.74, 6) is -1.23. The topological polar surface area (TPSA) is 58.2 Å². The molecule has 3 rings (SSSR count). The van der Waals surface area contributed by atoms with Crippen molar-refractivity contribution in [1.82, 2.24) is 0 Å². The number of para-hydroxylation sites is 1. The summed E-state index contributed by atoms with van der Waals surface area (Å²) in [6.07, 6.45) is -0.125. The van der Waals surface area contributed by atoms with Crippen molar-refractivity contribution in [3.8, 4) is 0 Å². The highest BCUT2D eigenvalue weighted by molar-refractivity contribution is 6.30. The number of benzene rings is 3. The van der Waals surface area contributed by atoms with Crippen molar-refractivity contribution in [3.05, 3.63) is 94.8 Å². The maximum atomic E-state index is 13.7. The van der Waals surface area contributed by atoms with Crippen molar-refractivity contribution in [2.45, 2.75) is 6.42 Å². The monoisotopic (exact) mass is 382 g/mol. The minimum atomic E-state index is -0.443. The number of carbonyl (C=O) groups is 2. The van der Waals surface area contributed by atoms with Gasteiger partial charge in [0.05, 0.1) is 17.7 Å². The third kappa shape index (κ3) is 4.92. The van der Waals surface area contributed by atoms with Gasteiger partial charge in [-0.25, -0.2) is 4.39 Å². The molecule has 2 amide bonds. The highest BCUT2D eigenvalue weighted by atomic mass is 35.5. The molecule has 0 aliphatic heterocycles. The molecule has 0 spiro atoms. The predicted molar refractivity (Wildman–Crippen MR) is 105 cm³/mol. The Kier molecular flexibility index (Phi) is 5.84. The molecule has 3 aromatic carbocycles. The molecule has 136 valence electrons. The molecule has 0 atom stereocenters. The molecule has 0 fully saturated rings. The van der Waals surface area contributed by atoms with Gasteiger partial charge in [0, 0.05) is 10.7 Å². The van der Waals surface area contributed by atoms with Crippen molar-refractivity contribution >= 4 is 34.8 Å². The SMILES string of the molecule is O=C(Cc1ccccc1F)Nc1ccccc1C(=O)Nc1ccc(Cl)cc1. The zero-order chi connectivity index (χ0) is 19.2. The maximum absolute atomic E-state index is 13.7. The van der Waals surface area contributed by atoms with Crippen LogP contribution in [0.25, 0.3) is 0 Å². The second-order valence-corrected chi connectivity index (χ2v) is 6.26. The average Bonchev–Trinajstić information content (AvgIpc) is 2.66. The van der Waals surface area contributed by atoms with Gasteiger partial charge in [0.1, 0.15) is 5.82 Å². The van der Waals surface area contributed by atoms with Gasteiger partial charge in [-0.05, 0) is 48.0 Å². The third-order valence-electron chi connectivity index (χ3n) is 3.86. The standard InChI is InChI=1S/C21H16ClFN2O2/c22-15-9-11-16(12-10-15)24-21(27)17-6-2-4-8-19(17)25-20(26)13-14-5-1-3-7-18(14)23/h1-12H,13H2,(H,24,27)(H,25,26). The van der Waals surface area contributed by atoms with Crippen molar-refractivity contribution in [1.29, 1.82) is 0 Å². The smallest absolute Gasteiger partial charge is 0.257 e. The first-order valence-corrected chi connectivity index (χ1v) is 8.60. The first-order chi connectivity index (χ1) is 13.0. The van der Waals surface area contributed by atoms with Crippen LogP contribution in [0.1, 0.15) is 15.9 Å². The Morgan fingerprint density at radius 1 is 0.852 bits per heavy atom. The van der Waals surface area contributed by atoms with E-state index in [4.69, 9.17) is 11.6 Å². The molecule has 0 bridgehead atoms. The summed E-state index contributed by atoms with van der Waals surface area (Å²) in [5.41, 5.74) is 1.52. The maximum Gasteiger partial charge on any atom is 0.257 e. The van der Waals surface area contributed by atoms with Gasteiger partial charge in [-0.2, -0.15) is 0 Å². The lowest BCUT2D eigenvalue weighted by atomic mass is 10.1. The van der Waals surface area contributed by atoms with E-state index in [0.717, 1.165) is 0 Å². The van der Waals surface area contributed by atoms with Crippen LogP contribution in [-0.4, -0.2) is 11.8 Å². The fourth-order valence-electron chi connectivity index (χ4n) is 2.53. The van der Waals surface area contributed by atoms with Gasteiger partial charge >= 0.3 is 0 Å². The molecule has 4 nitrogen and oxygen atoms in total. The first-order valence-electron chi connectivity index (χ1n) is 8.22. The Bertz CT molecular complexity index is 974. The van der Waals surface area contributed by atoms with Gasteiger partial charge < -0.3 is 10.6 Å². The fourth-order valence-corrected chi connectivity index (χ4v) is 2.66. The van der Waals surface area contributed by atoms with E-state index in [1.54, 1.807) is 66.7 Å². The molecule has 2 N–H and O–H groups in total. The van der Waals surface area contributed by atoms with Gasteiger partial charge in [-0.15, -0.1) is 0 Å². The molecular formula is C21H16ClFN2O2. The zero-order valence-electron chi connectivity index (χ0n) is 14.2. The molecule has 27 heavy (non-hydrogen) atoms. The second-order valence-electron chi connectivity index (χ2n) is 5.82. The minimum absolute atomic E-state index is 0.125. The van der Waals surface area contributed by atoms with Crippen molar-refractivity contribution in [2.24, 2.45) is 0 Å². The van der Waals surface area contributed by atoms with Crippen LogP contribution in [0.2, 0.25) is 5.02 Å². The van der Waals surface area contributed by atoms with Crippen LogP contribution in [0, 0.1) is 5.82 Å². The van der Waals surface area contributed by atoms with E-state index >= 15 is 0 Å². The van der Waals surface area contributed by atoms with Crippen LogP contribution in [0.4, 0.5) is 15.8 Å². The lowest BCUT2D eigenvalue weighted by Gasteiger charge is -2.12. The zero-order valence-corrected chi connectivity index (χ0v) is 15.0.